The number of benzene rings is 1. The Morgan fingerprint density at radius 1 is 1.40 bits per heavy atom. The molecule has 4 heteroatoms. The maximum Gasteiger partial charge on any atom is 0.0643 e. The highest BCUT2D eigenvalue weighted by atomic mass is 35.5. The quantitative estimate of drug-likeness (QED) is 0.706. The van der Waals surface area contributed by atoms with E-state index in [0.717, 1.165) is 37.7 Å². The highest BCUT2D eigenvalue weighted by Gasteiger charge is 2.31. The molecular formula is C16H25ClN2O. The summed E-state index contributed by atoms with van der Waals surface area (Å²) in [7, 11) is 1.75. The Hall–Kier alpha value is -0.770. The molecule has 0 spiro atoms. The highest BCUT2D eigenvalue weighted by molar-refractivity contribution is 6.33. The van der Waals surface area contributed by atoms with Crippen molar-refractivity contribution in [2.75, 3.05) is 31.7 Å². The predicted molar refractivity (Wildman–Crippen MR) is 85.7 cm³/mol. The molecule has 2 rings (SSSR count). The molecular weight excluding hydrogens is 272 g/mol. The molecule has 1 aliphatic rings. The van der Waals surface area contributed by atoms with Gasteiger partial charge in [-0.3, -0.25) is 0 Å². The molecule has 0 heterocycles. The van der Waals surface area contributed by atoms with Gasteiger partial charge >= 0.3 is 0 Å². The molecule has 3 nitrogen and oxygen atoms in total. The van der Waals surface area contributed by atoms with E-state index < -0.39 is 0 Å². The van der Waals surface area contributed by atoms with Crippen molar-refractivity contribution in [2.45, 2.75) is 38.8 Å². The lowest BCUT2D eigenvalue weighted by molar-refractivity contribution is 0.205. The number of hydrogen-bond donors (Lipinski definition) is 1. The van der Waals surface area contributed by atoms with Gasteiger partial charge in [0.05, 0.1) is 17.3 Å². The molecule has 0 aromatic heterocycles. The minimum Gasteiger partial charge on any atom is -0.383 e. The summed E-state index contributed by atoms with van der Waals surface area (Å²) < 4.78 is 5.25. The van der Waals surface area contributed by atoms with Crippen molar-refractivity contribution in [3.63, 3.8) is 0 Å². The lowest BCUT2D eigenvalue weighted by Crippen LogP contribution is -2.31. The molecule has 0 amide bonds. The van der Waals surface area contributed by atoms with Gasteiger partial charge in [0.1, 0.15) is 0 Å². The fourth-order valence-electron chi connectivity index (χ4n) is 2.48. The van der Waals surface area contributed by atoms with Gasteiger partial charge in [0, 0.05) is 26.2 Å². The summed E-state index contributed by atoms with van der Waals surface area (Å²) in [6.45, 7) is 5.74. The predicted octanol–water partition coefficient (Wildman–Crippen LogP) is 3.45. The third kappa shape index (κ3) is 4.11. The number of nitrogens with zero attached hydrogens (tertiary/aromatic N) is 1. The van der Waals surface area contributed by atoms with E-state index in [4.69, 9.17) is 16.3 Å². The molecule has 0 aliphatic heterocycles. The number of ether oxygens (including phenoxy) is 1. The third-order valence-electron chi connectivity index (χ3n) is 3.62. The van der Waals surface area contributed by atoms with Gasteiger partial charge in [0.2, 0.25) is 0 Å². The van der Waals surface area contributed by atoms with Gasteiger partial charge < -0.3 is 15.0 Å². The van der Waals surface area contributed by atoms with E-state index in [0.29, 0.717) is 6.04 Å². The van der Waals surface area contributed by atoms with Crippen LogP contribution in [-0.4, -0.2) is 32.8 Å². The van der Waals surface area contributed by atoms with Crippen LogP contribution in [0.25, 0.3) is 0 Å². The number of rotatable bonds is 9. The zero-order chi connectivity index (χ0) is 14.4. The number of halogens is 1. The Balaban J connectivity index is 2.17. The molecule has 0 saturated heterocycles. The topological polar surface area (TPSA) is 24.5 Å². The summed E-state index contributed by atoms with van der Waals surface area (Å²) in [4.78, 5) is 2.43. The zero-order valence-corrected chi connectivity index (χ0v) is 13.2. The number of para-hydroxylation sites is 1. The van der Waals surface area contributed by atoms with Crippen molar-refractivity contribution < 1.29 is 4.74 Å². The Morgan fingerprint density at radius 2 is 2.20 bits per heavy atom. The van der Waals surface area contributed by atoms with E-state index >= 15 is 0 Å². The largest absolute Gasteiger partial charge is 0.383 e. The van der Waals surface area contributed by atoms with E-state index in [2.05, 4.69) is 23.2 Å². The lowest BCUT2D eigenvalue weighted by atomic mass is 10.1. The summed E-state index contributed by atoms with van der Waals surface area (Å²) in [5.41, 5.74) is 2.48. The monoisotopic (exact) mass is 296 g/mol. The SMILES string of the molecule is CCCNCc1cccc(Cl)c1N(CCOC)C1CC1. The smallest absolute Gasteiger partial charge is 0.0643 e. The van der Waals surface area contributed by atoms with Crippen LogP contribution >= 0.6 is 11.6 Å². The minimum absolute atomic E-state index is 0.634. The number of nitrogens with one attached hydrogen (secondary N) is 1. The number of anilines is 1. The number of methoxy groups -OCH3 is 1. The van der Waals surface area contributed by atoms with Crippen LogP contribution in [0.4, 0.5) is 5.69 Å². The van der Waals surface area contributed by atoms with Crippen LogP contribution in [0.5, 0.6) is 0 Å². The Bertz CT molecular complexity index is 421. The van der Waals surface area contributed by atoms with Crippen LogP contribution in [0.3, 0.4) is 0 Å². The molecule has 1 aromatic carbocycles. The van der Waals surface area contributed by atoms with Crippen molar-refractivity contribution in [3.05, 3.63) is 28.8 Å². The van der Waals surface area contributed by atoms with E-state index in [1.165, 1.54) is 24.1 Å². The fourth-order valence-corrected chi connectivity index (χ4v) is 2.78. The third-order valence-corrected chi connectivity index (χ3v) is 3.93. The molecule has 1 aromatic rings. The van der Waals surface area contributed by atoms with Gasteiger partial charge in [0.25, 0.3) is 0 Å². The van der Waals surface area contributed by atoms with Gasteiger partial charge in [-0.05, 0) is 37.4 Å². The number of hydrogen-bond acceptors (Lipinski definition) is 3. The second-order valence-corrected chi connectivity index (χ2v) is 5.75. The molecule has 1 saturated carbocycles. The first-order valence-corrected chi connectivity index (χ1v) is 7.89. The van der Waals surface area contributed by atoms with Crippen molar-refractivity contribution >= 4 is 17.3 Å². The zero-order valence-electron chi connectivity index (χ0n) is 12.5. The molecule has 20 heavy (non-hydrogen) atoms. The summed E-state index contributed by atoms with van der Waals surface area (Å²) in [5.74, 6) is 0. The fraction of sp³-hybridized carbons (Fsp3) is 0.625. The molecule has 1 fully saturated rings. The van der Waals surface area contributed by atoms with E-state index in [-0.39, 0.29) is 0 Å². The molecule has 0 unspecified atom stereocenters. The van der Waals surface area contributed by atoms with Gasteiger partial charge in [0.15, 0.2) is 0 Å². The molecule has 0 bridgehead atoms. The highest BCUT2D eigenvalue weighted by Crippen LogP contribution is 2.37. The van der Waals surface area contributed by atoms with Crippen molar-refractivity contribution in [1.82, 2.24) is 5.32 Å². The van der Waals surface area contributed by atoms with Crippen LogP contribution in [0.15, 0.2) is 18.2 Å². The average molecular weight is 297 g/mol. The van der Waals surface area contributed by atoms with Crippen LogP contribution in [0, 0.1) is 0 Å². The maximum absolute atomic E-state index is 6.48. The standard InChI is InChI=1S/C16H25ClN2O/c1-3-9-18-12-13-5-4-6-15(17)16(13)19(10-11-20-2)14-7-8-14/h4-6,14,18H,3,7-12H2,1-2H3. The summed E-state index contributed by atoms with van der Waals surface area (Å²) in [6.07, 6.45) is 3.67. The van der Waals surface area contributed by atoms with Gasteiger partial charge in [-0.15, -0.1) is 0 Å². The van der Waals surface area contributed by atoms with Crippen molar-refractivity contribution in [1.29, 1.82) is 0 Å². The lowest BCUT2D eigenvalue weighted by Gasteiger charge is -2.28. The molecule has 0 radical (unpaired) electrons. The van der Waals surface area contributed by atoms with Crippen molar-refractivity contribution in [2.24, 2.45) is 0 Å². The van der Waals surface area contributed by atoms with E-state index in [1.807, 2.05) is 12.1 Å². The van der Waals surface area contributed by atoms with E-state index in [1.54, 1.807) is 7.11 Å². The maximum atomic E-state index is 6.48. The van der Waals surface area contributed by atoms with Gasteiger partial charge in [-0.1, -0.05) is 30.7 Å². The Labute approximate surface area is 127 Å². The first-order chi connectivity index (χ1) is 9.77. The molecule has 112 valence electrons. The van der Waals surface area contributed by atoms with Crippen LogP contribution in [0.1, 0.15) is 31.7 Å². The Kier molecular flexibility index (Phi) is 6.14. The molecule has 0 atom stereocenters. The second-order valence-electron chi connectivity index (χ2n) is 5.34. The molecule has 1 N–H and O–H groups in total. The summed E-state index contributed by atoms with van der Waals surface area (Å²) in [6, 6.07) is 6.83. The first kappa shape index (κ1) is 15.6. The Morgan fingerprint density at radius 3 is 2.85 bits per heavy atom. The first-order valence-electron chi connectivity index (χ1n) is 7.51. The normalized spacial score (nSPS) is 14.6. The van der Waals surface area contributed by atoms with Crippen LogP contribution in [0.2, 0.25) is 5.02 Å². The van der Waals surface area contributed by atoms with Crippen LogP contribution in [-0.2, 0) is 11.3 Å². The minimum atomic E-state index is 0.634. The van der Waals surface area contributed by atoms with Gasteiger partial charge in [-0.25, -0.2) is 0 Å². The average Bonchev–Trinajstić information content (AvgIpc) is 3.26. The van der Waals surface area contributed by atoms with Crippen molar-refractivity contribution in [3.8, 4) is 0 Å². The van der Waals surface area contributed by atoms with Gasteiger partial charge in [-0.2, -0.15) is 0 Å². The van der Waals surface area contributed by atoms with E-state index in [9.17, 15) is 0 Å². The van der Waals surface area contributed by atoms with Crippen LogP contribution < -0.4 is 10.2 Å². The summed E-state index contributed by atoms with van der Waals surface area (Å²) >= 11 is 6.48. The summed E-state index contributed by atoms with van der Waals surface area (Å²) in [5, 5.41) is 4.32. The molecule has 1 aliphatic carbocycles. The second kappa shape index (κ2) is 7.87.